The van der Waals surface area contributed by atoms with Gasteiger partial charge in [-0.2, -0.15) is 0 Å². The minimum Gasteiger partial charge on any atom is -0.338 e. The summed E-state index contributed by atoms with van der Waals surface area (Å²) < 4.78 is 0. The van der Waals surface area contributed by atoms with Crippen LogP contribution in [-0.2, 0) is 0 Å². The smallest absolute Gasteiger partial charge is 0.141 e. The number of halogens is 1. The third kappa shape index (κ3) is 1.44. The van der Waals surface area contributed by atoms with E-state index in [1.807, 2.05) is 18.2 Å². The zero-order valence-electron chi connectivity index (χ0n) is 8.18. The SMILES string of the molecule is Clc1cccc2[nH]c(-c3cncnc3)nc12. The molecule has 2 heterocycles. The van der Waals surface area contributed by atoms with Gasteiger partial charge in [0.25, 0.3) is 0 Å². The number of aromatic amines is 1. The molecule has 3 rings (SSSR count). The van der Waals surface area contributed by atoms with Gasteiger partial charge in [0.15, 0.2) is 0 Å². The molecule has 0 amide bonds. The molecule has 0 aliphatic rings. The summed E-state index contributed by atoms with van der Waals surface area (Å²) in [5, 5.41) is 0.636. The van der Waals surface area contributed by atoms with Crippen LogP contribution >= 0.6 is 11.6 Å². The Morgan fingerprint density at radius 3 is 2.69 bits per heavy atom. The number of H-pyrrole nitrogens is 1. The fraction of sp³-hybridized carbons (Fsp3) is 0. The van der Waals surface area contributed by atoms with Crippen molar-refractivity contribution in [3.05, 3.63) is 41.9 Å². The van der Waals surface area contributed by atoms with Crippen molar-refractivity contribution in [2.45, 2.75) is 0 Å². The number of nitrogens with one attached hydrogen (secondary N) is 1. The number of para-hydroxylation sites is 1. The first kappa shape index (κ1) is 9.30. The molecule has 0 unspecified atom stereocenters. The molecule has 0 fully saturated rings. The van der Waals surface area contributed by atoms with E-state index in [2.05, 4.69) is 19.9 Å². The van der Waals surface area contributed by atoms with Crippen molar-refractivity contribution in [3.8, 4) is 11.4 Å². The molecule has 0 aliphatic heterocycles. The van der Waals surface area contributed by atoms with Crippen molar-refractivity contribution >= 4 is 22.6 Å². The van der Waals surface area contributed by atoms with Gasteiger partial charge in [-0.15, -0.1) is 0 Å². The van der Waals surface area contributed by atoms with Gasteiger partial charge in [-0.25, -0.2) is 15.0 Å². The normalized spacial score (nSPS) is 10.8. The molecule has 3 aromatic rings. The van der Waals surface area contributed by atoms with Crippen LogP contribution in [0.4, 0.5) is 0 Å². The van der Waals surface area contributed by atoms with Crippen LogP contribution in [0.5, 0.6) is 0 Å². The molecule has 0 bridgehead atoms. The number of rotatable bonds is 1. The Balaban J connectivity index is 2.23. The van der Waals surface area contributed by atoms with Crippen LogP contribution in [0.3, 0.4) is 0 Å². The van der Waals surface area contributed by atoms with Gasteiger partial charge in [0.2, 0.25) is 0 Å². The van der Waals surface area contributed by atoms with Crippen molar-refractivity contribution in [3.63, 3.8) is 0 Å². The van der Waals surface area contributed by atoms with E-state index in [4.69, 9.17) is 11.6 Å². The molecule has 0 saturated heterocycles. The summed E-state index contributed by atoms with van der Waals surface area (Å²) in [6, 6.07) is 5.63. The average Bonchev–Trinajstić information content (AvgIpc) is 2.76. The van der Waals surface area contributed by atoms with Crippen molar-refractivity contribution in [2.75, 3.05) is 0 Å². The lowest BCUT2D eigenvalue weighted by molar-refractivity contribution is 1.15. The first-order chi connectivity index (χ1) is 7.84. The van der Waals surface area contributed by atoms with Crippen molar-refractivity contribution in [1.82, 2.24) is 19.9 Å². The number of fused-ring (bicyclic) bond motifs is 1. The van der Waals surface area contributed by atoms with E-state index >= 15 is 0 Å². The molecular weight excluding hydrogens is 224 g/mol. The van der Waals surface area contributed by atoms with Crippen molar-refractivity contribution in [1.29, 1.82) is 0 Å². The van der Waals surface area contributed by atoms with Gasteiger partial charge in [-0.05, 0) is 12.1 Å². The molecule has 5 heteroatoms. The predicted octanol–water partition coefficient (Wildman–Crippen LogP) is 2.67. The van der Waals surface area contributed by atoms with Crippen LogP contribution in [0, 0.1) is 0 Å². The number of nitrogens with zero attached hydrogens (tertiary/aromatic N) is 3. The highest BCUT2D eigenvalue weighted by Gasteiger charge is 2.07. The van der Waals surface area contributed by atoms with E-state index in [-0.39, 0.29) is 0 Å². The second-order valence-corrected chi connectivity index (χ2v) is 3.76. The first-order valence-electron chi connectivity index (χ1n) is 4.74. The molecule has 0 atom stereocenters. The third-order valence-electron chi connectivity index (χ3n) is 2.30. The van der Waals surface area contributed by atoms with Crippen LogP contribution in [0.15, 0.2) is 36.9 Å². The van der Waals surface area contributed by atoms with E-state index in [0.717, 1.165) is 22.4 Å². The van der Waals surface area contributed by atoms with Gasteiger partial charge < -0.3 is 4.98 Å². The Hall–Kier alpha value is -1.94. The molecule has 78 valence electrons. The van der Waals surface area contributed by atoms with Gasteiger partial charge in [-0.3, -0.25) is 0 Å². The number of hydrogen-bond acceptors (Lipinski definition) is 3. The quantitative estimate of drug-likeness (QED) is 0.699. The lowest BCUT2D eigenvalue weighted by atomic mass is 10.3. The number of benzene rings is 1. The van der Waals surface area contributed by atoms with Crippen molar-refractivity contribution in [2.24, 2.45) is 0 Å². The summed E-state index contributed by atoms with van der Waals surface area (Å²) in [5.41, 5.74) is 2.52. The highest BCUT2D eigenvalue weighted by atomic mass is 35.5. The Labute approximate surface area is 96.3 Å². The Bertz CT molecular complexity index is 633. The summed E-state index contributed by atoms with van der Waals surface area (Å²) in [5.74, 6) is 0.726. The van der Waals surface area contributed by atoms with E-state index < -0.39 is 0 Å². The van der Waals surface area contributed by atoms with Crippen LogP contribution < -0.4 is 0 Å². The molecule has 4 nitrogen and oxygen atoms in total. The van der Waals surface area contributed by atoms with Gasteiger partial charge in [0.1, 0.15) is 17.7 Å². The second kappa shape index (κ2) is 3.57. The predicted molar refractivity (Wildman–Crippen MR) is 62.1 cm³/mol. The maximum Gasteiger partial charge on any atom is 0.141 e. The summed E-state index contributed by atoms with van der Waals surface area (Å²) in [6.45, 7) is 0. The topological polar surface area (TPSA) is 54.5 Å². The zero-order chi connectivity index (χ0) is 11.0. The van der Waals surface area contributed by atoms with Crippen LogP contribution in [0.2, 0.25) is 5.02 Å². The van der Waals surface area contributed by atoms with Crippen LogP contribution in [-0.4, -0.2) is 19.9 Å². The van der Waals surface area contributed by atoms with E-state index in [1.54, 1.807) is 12.4 Å². The first-order valence-corrected chi connectivity index (χ1v) is 5.12. The lowest BCUT2D eigenvalue weighted by Crippen LogP contribution is -1.83. The largest absolute Gasteiger partial charge is 0.338 e. The maximum atomic E-state index is 6.04. The van der Waals surface area contributed by atoms with Gasteiger partial charge >= 0.3 is 0 Å². The third-order valence-corrected chi connectivity index (χ3v) is 2.60. The molecule has 2 aromatic heterocycles. The van der Waals surface area contributed by atoms with Crippen LogP contribution in [0.1, 0.15) is 0 Å². The Morgan fingerprint density at radius 1 is 1.12 bits per heavy atom. The summed E-state index contributed by atoms with van der Waals surface area (Å²) in [4.78, 5) is 15.5. The maximum absolute atomic E-state index is 6.04. The molecule has 16 heavy (non-hydrogen) atoms. The van der Waals surface area contributed by atoms with E-state index in [1.165, 1.54) is 6.33 Å². The van der Waals surface area contributed by atoms with Gasteiger partial charge in [0.05, 0.1) is 16.1 Å². The lowest BCUT2D eigenvalue weighted by Gasteiger charge is -1.91. The Kier molecular flexibility index (Phi) is 2.08. The highest BCUT2D eigenvalue weighted by molar-refractivity contribution is 6.34. The second-order valence-electron chi connectivity index (χ2n) is 3.35. The van der Waals surface area contributed by atoms with Crippen LogP contribution in [0.25, 0.3) is 22.4 Å². The molecule has 0 saturated carbocycles. The van der Waals surface area contributed by atoms with Gasteiger partial charge in [0, 0.05) is 12.4 Å². The number of aromatic nitrogens is 4. The number of imidazole rings is 1. The molecule has 1 N–H and O–H groups in total. The minimum atomic E-state index is 0.636. The molecule has 1 aromatic carbocycles. The minimum absolute atomic E-state index is 0.636. The van der Waals surface area contributed by atoms with Gasteiger partial charge in [-0.1, -0.05) is 17.7 Å². The van der Waals surface area contributed by atoms with E-state index in [9.17, 15) is 0 Å². The highest BCUT2D eigenvalue weighted by Crippen LogP contribution is 2.24. The monoisotopic (exact) mass is 230 g/mol. The zero-order valence-corrected chi connectivity index (χ0v) is 8.94. The molecule has 0 aliphatic carbocycles. The molecule has 0 spiro atoms. The average molecular weight is 231 g/mol. The van der Waals surface area contributed by atoms with Crippen molar-refractivity contribution < 1.29 is 0 Å². The fourth-order valence-corrected chi connectivity index (χ4v) is 1.77. The van der Waals surface area contributed by atoms with E-state index in [0.29, 0.717) is 5.02 Å². The summed E-state index contributed by atoms with van der Waals surface area (Å²) in [6.07, 6.45) is 4.90. The Morgan fingerprint density at radius 2 is 1.94 bits per heavy atom. The molecule has 0 radical (unpaired) electrons. The summed E-state index contributed by atoms with van der Waals surface area (Å²) >= 11 is 6.04. The molecular formula is C11H7ClN4. The number of hydrogen-bond donors (Lipinski definition) is 1. The fourth-order valence-electron chi connectivity index (χ4n) is 1.56. The standard InChI is InChI=1S/C11H7ClN4/c12-8-2-1-3-9-10(8)16-11(15-9)7-4-13-6-14-5-7/h1-6H,(H,15,16). The summed E-state index contributed by atoms with van der Waals surface area (Å²) in [7, 11) is 0.